The summed E-state index contributed by atoms with van der Waals surface area (Å²) in [6.45, 7) is 0. The van der Waals surface area contributed by atoms with Crippen LogP contribution in [0.25, 0.3) is 0 Å². The second-order valence-corrected chi connectivity index (χ2v) is 5.48. The molecule has 0 amide bonds. The Labute approximate surface area is 111 Å². The molecular formula is C17H24O. The third-order valence-electron chi connectivity index (χ3n) is 4.05. The number of hydrogen-bond acceptors (Lipinski definition) is 1. The van der Waals surface area contributed by atoms with Gasteiger partial charge in [-0.2, -0.15) is 0 Å². The monoisotopic (exact) mass is 244 g/mol. The van der Waals surface area contributed by atoms with Gasteiger partial charge in [-0.25, -0.2) is 0 Å². The smallest absolute Gasteiger partial charge is 0.159 e. The van der Waals surface area contributed by atoms with Gasteiger partial charge in [0.05, 0.1) is 0 Å². The summed E-state index contributed by atoms with van der Waals surface area (Å²) < 4.78 is 0. The van der Waals surface area contributed by atoms with E-state index in [2.05, 4.69) is 11.8 Å². The Hall–Kier alpha value is -1.03. The summed E-state index contributed by atoms with van der Waals surface area (Å²) in [5, 5.41) is 0. The van der Waals surface area contributed by atoms with Crippen molar-refractivity contribution in [1.29, 1.82) is 0 Å². The van der Waals surface area contributed by atoms with Crippen LogP contribution in [0.5, 0.6) is 0 Å². The second-order valence-electron chi connectivity index (χ2n) is 5.48. The Bertz CT molecular complexity index is 378. The molecule has 0 spiro atoms. The van der Waals surface area contributed by atoms with Crippen molar-refractivity contribution in [3.05, 3.63) is 11.1 Å². The Balaban J connectivity index is 1.93. The van der Waals surface area contributed by atoms with Crippen molar-refractivity contribution in [2.24, 2.45) is 0 Å². The standard InChI is InChI=1S/C17H24O/c18-17-14-13-15-11-9-7-5-3-1-2-4-6-8-10-12-16(15)17/h3-14H2. The van der Waals surface area contributed by atoms with Crippen LogP contribution in [0, 0.1) is 11.8 Å². The van der Waals surface area contributed by atoms with Crippen LogP contribution >= 0.6 is 0 Å². The average Bonchev–Trinajstić information content (AvgIpc) is 2.72. The first-order chi connectivity index (χ1) is 8.88. The Morgan fingerprint density at radius 2 is 1.33 bits per heavy atom. The highest BCUT2D eigenvalue weighted by molar-refractivity contribution is 5.98. The maximum absolute atomic E-state index is 11.9. The zero-order chi connectivity index (χ0) is 12.6. The molecule has 0 heterocycles. The van der Waals surface area contributed by atoms with Gasteiger partial charge in [-0.1, -0.05) is 18.4 Å². The van der Waals surface area contributed by atoms with E-state index in [1.807, 2.05) is 0 Å². The van der Waals surface area contributed by atoms with E-state index in [4.69, 9.17) is 0 Å². The Kier molecular flexibility index (Phi) is 5.52. The number of hydrogen-bond donors (Lipinski definition) is 0. The van der Waals surface area contributed by atoms with E-state index >= 15 is 0 Å². The molecule has 0 bridgehead atoms. The maximum Gasteiger partial charge on any atom is 0.159 e. The number of Topliss-reactive ketones (excluding diaryl/α,β-unsaturated/α-hetero) is 1. The highest BCUT2D eigenvalue weighted by Crippen LogP contribution is 2.30. The fraction of sp³-hybridized carbons (Fsp3) is 0.706. The summed E-state index contributed by atoms with van der Waals surface area (Å²) in [6, 6.07) is 0. The third kappa shape index (κ3) is 4.02. The molecule has 2 aliphatic carbocycles. The van der Waals surface area contributed by atoms with Gasteiger partial charge < -0.3 is 0 Å². The molecule has 0 saturated carbocycles. The minimum atomic E-state index is 0.442. The van der Waals surface area contributed by atoms with Crippen LogP contribution in [0.15, 0.2) is 11.1 Å². The molecule has 0 aliphatic heterocycles. The molecule has 98 valence electrons. The van der Waals surface area contributed by atoms with E-state index in [-0.39, 0.29) is 0 Å². The van der Waals surface area contributed by atoms with E-state index in [9.17, 15) is 4.79 Å². The highest BCUT2D eigenvalue weighted by Gasteiger charge is 2.21. The molecule has 2 rings (SSSR count). The summed E-state index contributed by atoms with van der Waals surface area (Å²) in [6.07, 6.45) is 13.5. The summed E-state index contributed by atoms with van der Waals surface area (Å²) in [5.41, 5.74) is 2.70. The van der Waals surface area contributed by atoms with Gasteiger partial charge in [0.15, 0.2) is 5.78 Å². The maximum atomic E-state index is 11.9. The third-order valence-corrected chi connectivity index (χ3v) is 4.05. The van der Waals surface area contributed by atoms with Gasteiger partial charge in [0.2, 0.25) is 0 Å². The van der Waals surface area contributed by atoms with Crippen molar-refractivity contribution in [1.82, 2.24) is 0 Å². The summed E-state index contributed by atoms with van der Waals surface area (Å²) in [7, 11) is 0. The first kappa shape index (κ1) is 13.4. The number of carbonyl (C=O) groups is 1. The molecule has 18 heavy (non-hydrogen) atoms. The van der Waals surface area contributed by atoms with Crippen LogP contribution in [0.1, 0.15) is 77.0 Å². The second kappa shape index (κ2) is 7.41. The molecular weight excluding hydrogens is 220 g/mol. The van der Waals surface area contributed by atoms with Crippen LogP contribution in [0.3, 0.4) is 0 Å². The molecule has 0 saturated heterocycles. The van der Waals surface area contributed by atoms with Gasteiger partial charge in [0, 0.05) is 19.3 Å². The molecule has 0 aromatic carbocycles. The molecule has 0 aromatic heterocycles. The summed E-state index contributed by atoms with van der Waals surface area (Å²) in [4.78, 5) is 11.9. The number of allylic oxidation sites excluding steroid dienone is 2. The average molecular weight is 244 g/mol. The lowest BCUT2D eigenvalue weighted by Crippen LogP contribution is -1.97. The zero-order valence-corrected chi connectivity index (χ0v) is 11.4. The van der Waals surface area contributed by atoms with E-state index in [0.29, 0.717) is 5.78 Å². The fourth-order valence-corrected chi connectivity index (χ4v) is 2.95. The van der Waals surface area contributed by atoms with Gasteiger partial charge in [-0.3, -0.25) is 4.79 Å². The van der Waals surface area contributed by atoms with Crippen LogP contribution in [-0.2, 0) is 4.79 Å². The Morgan fingerprint density at radius 3 is 2.06 bits per heavy atom. The Morgan fingerprint density at radius 1 is 0.667 bits per heavy atom. The van der Waals surface area contributed by atoms with Crippen LogP contribution in [-0.4, -0.2) is 5.78 Å². The van der Waals surface area contributed by atoms with Crippen molar-refractivity contribution in [2.45, 2.75) is 77.0 Å². The van der Waals surface area contributed by atoms with Gasteiger partial charge in [-0.05, 0) is 50.5 Å². The first-order valence-electron chi connectivity index (χ1n) is 7.58. The quantitative estimate of drug-likeness (QED) is 0.571. The normalized spacial score (nSPS) is 23.0. The molecule has 0 fully saturated rings. The predicted molar refractivity (Wildman–Crippen MR) is 75.2 cm³/mol. The highest BCUT2D eigenvalue weighted by atomic mass is 16.1. The first-order valence-corrected chi connectivity index (χ1v) is 7.58. The van der Waals surface area contributed by atoms with Crippen molar-refractivity contribution in [3.8, 4) is 11.8 Å². The topological polar surface area (TPSA) is 17.1 Å². The zero-order valence-electron chi connectivity index (χ0n) is 11.4. The van der Waals surface area contributed by atoms with E-state index in [0.717, 1.165) is 38.5 Å². The molecule has 0 unspecified atom stereocenters. The lowest BCUT2D eigenvalue weighted by Gasteiger charge is -2.07. The molecule has 0 atom stereocenters. The van der Waals surface area contributed by atoms with E-state index in [1.165, 1.54) is 49.7 Å². The van der Waals surface area contributed by atoms with Crippen LogP contribution in [0.4, 0.5) is 0 Å². The lowest BCUT2D eigenvalue weighted by molar-refractivity contribution is -0.115. The van der Waals surface area contributed by atoms with Gasteiger partial charge in [0.25, 0.3) is 0 Å². The molecule has 1 nitrogen and oxygen atoms in total. The van der Waals surface area contributed by atoms with E-state index < -0.39 is 0 Å². The largest absolute Gasteiger partial charge is 0.295 e. The fourth-order valence-electron chi connectivity index (χ4n) is 2.95. The van der Waals surface area contributed by atoms with Crippen molar-refractivity contribution < 1.29 is 4.79 Å². The molecule has 0 radical (unpaired) electrons. The minimum absolute atomic E-state index is 0.442. The van der Waals surface area contributed by atoms with Crippen molar-refractivity contribution >= 4 is 5.78 Å². The van der Waals surface area contributed by atoms with Crippen LogP contribution < -0.4 is 0 Å². The van der Waals surface area contributed by atoms with Crippen molar-refractivity contribution in [2.75, 3.05) is 0 Å². The molecule has 2 aliphatic rings. The van der Waals surface area contributed by atoms with Gasteiger partial charge in [-0.15, -0.1) is 11.8 Å². The molecule has 1 heteroatoms. The lowest BCUT2D eigenvalue weighted by atomic mass is 9.98. The minimum Gasteiger partial charge on any atom is -0.295 e. The van der Waals surface area contributed by atoms with Crippen molar-refractivity contribution in [3.63, 3.8) is 0 Å². The SMILES string of the molecule is O=C1CCC2=C1CCCCCC#CCCCCC2. The summed E-state index contributed by atoms with van der Waals surface area (Å²) >= 11 is 0. The molecule has 0 N–H and O–H groups in total. The summed E-state index contributed by atoms with van der Waals surface area (Å²) in [5.74, 6) is 6.98. The van der Waals surface area contributed by atoms with Gasteiger partial charge >= 0.3 is 0 Å². The van der Waals surface area contributed by atoms with Crippen LogP contribution in [0.2, 0.25) is 0 Å². The predicted octanol–water partition coefficient (Wildman–Crippen LogP) is 4.56. The number of ketones is 1. The van der Waals surface area contributed by atoms with Gasteiger partial charge in [0.1, 0.15) is 0 Å². The van der Waals surface area contributed by atoms with E-state index in [1.54, 1.807) is 0 Å². The number of rotatable bonds is 0. The molecule has 0 aromatic rings. The number of carbonyl (C=O) groups excluding carboxylic acids is 1.